The molecule has 0 fully saturated rings. The van der Waals surface area contributed by atoms with Crippen molar-refractivity contribution >= 4 is 21.7 Å². The largest absolute Gasteiger partial charge is 0.496 e. The molecule has 2 rings (SSSR count). The van der Waals surface area contributed by atoms with Crippen molar-refractivity contribution in [2.45, 2.75) is 17.2 Å². The van der Waals surface area contributed by atoms with Crippen LogP contribution >= 0.6 is 0 Å². The average molecular weight is 457 g/mol. The molecular weight excluding hydrogens is 444 g/mol. The zero-order valence-corrected chi connectivity index (χ0v) is 16.0. The smallest absolute Gasteiger partial charge is 0.416 e. The Morgan fingerprint density at radius 2 is 1.43 bits per heavy atom. The van der Waals surface area contributed by atoms with Crippen molar-refractivity contribution < 1.29 is 49.0 Å². The Bertz CT molecular complexity index is 1030. The fourth-order valence-corrected chi connectivity index (χ4v) is 3.45. The van der Waals surface area contributed by atoms with E-state index in [9.17, 15) is 39.6 Å². The van der Waals surface area contributed by atoms with Crippen molar-refractivity contribution in [1.29, 1.82) is 0 Å². The summed E-state index contributed by atoms with van der Waals surface area (Å²) in [6, 6.07) is 3.16. The van der Waals surface area contributed by atoms with Gasteiger partial charge in [0.05, 0.1) is 35.9 Å². The zero-order chi connectivity index (χ0) is 22.9. The molecule has 0 saturated heterocycles. The van der Waals surface area contributed by atoms with E-state index in [0.717, 1.165) is 32.4 Å². The van der Waals surface area contributed by atoms with E-state index < -0.39 is 44.4 Å². The summed E-state index contributed by atoms with van der Waals surface area (Å²) in [5.41, 5.74) is -3.92. The molecule has 0 heterocycles. The minimum atomic E-state index is -5.21. The van der Waals surface area contributed by atoms with Crippen LogP contribution < -0.4 is 9.46 Å². The molecule has 2 aromatic rings. The first-order valence-corrected chi connectivity index (χ1v) is 9.26. The number of rotatable bonds is 5. The van der Waals surface area contributed by atoms with Crippen LogP contribution in [0.15, 0.2) is 41.3 Å². The molecule has 13 heteroatoms. The molecule has 30 heavy (non-hydrogen) atoms. The van der Waals surface area contributed by atoms with Gasteiger partial charge >= 0.3 is 18.3 Å². The van der Waals surface area contributed by atoms with Gasteiger partial charge in [0.25, 0.3) is 10.0 Å². The maximum Gasteiger partial charge on any atom is 0.416 e. The highest BCUT2D eigenvalue weighted by Crippen LogP contribution is 2.37. The van der Waals surface area contributed by atoms with Crippen LogP contribution in [0.25, 0.3) is 0 Å². The number of hydrogen-bond donors (Lipinski definition) is 1. The fraction of sp³-hybridized carbons (Fsp3) is 0.235. The van der Waals surface area contributed by atoms with E-state index in [1.807, 2.05) is 4.72 Å². The lowest BCUT2D eigenvalue weighted by Crippen LogP contribution is -2.17. The van der Waals surface area contributed by atoms with Gasteiger partial charge in [-0.05, 0) is 30.3 Å². The number of carbonyl (C=O) groups is 1. The normalized spacial score (nSPS) is 12.4. The Morgan fingerprint density at radius 1 is 0.900 bits per heavy atom. The summed E-state index contributed by atoms with van der Waals surface area (Å²) in [5.74, 6) is -0.948. The average Bonchev–Trinajstić information content (AvgIpc) is 2.65. The van der Waals surface area contributed by atoms with Crippen molar-refractivity contribution in [2.24, 2.45) is 0 Å². The lowest BCUT2D eigenvalue weighted by atomic mass is 10.1. The molecule has 0 saturated carbocycles. The molecule has 0 unspecified atom stereocenters. The van der Waals surface area contributed by atoms with Crippen molar-refractivity contribution in [3.63, 3.8) is 0 Å². The summed E-state index contributed by atoms with van der Waals surface area (Å²) >= 11 is 0. The number of sulfonamides is 1. The summed E-state index contributed by atoms with van der Waals surface area (Å²) in [7, 11) is -2.62. The molecule has 0 aliphatic heterocycles. The zero-order valence-electron chi connectivity index (χ0n) is 15.2. The van der Waals surface area contributed by atoms with Gasteiger partial charge in [-0.2, -0.15) is 26.3 Å². The highest BCUT2D eigenvalue weighted by molar-refractivity contribution is 7.92. The number of ether oxygens (including phenoxy) is 2. The van der Waals surface area contributed by atoms with Crippen molar-refractivity contribution in [3.8, 4) is 5.75 Å². The topological polar surface area (TPSA) is 81.7 Å². The molecule has 0 amide bonds. The maximum absolute atomic E-state index is 13.0. The lowest BCUT2D eigenvalue weighted by Gasteiger charge is -2.15. The van der Waals surface area contributed by atoms with Crippen molar-refractivity contribution in [3.05, 3.63) is 53.1 Å². The second kappa shape index (κ2) is 8.05. The Hall–Kier alpha value is -2.96. The predicted molar refractivity (Wildman–Crippen MR) is 91.6 cm³/mol. The highest BCUT2D eigenvalue weighted by atomic mass is 32.2. The van der Waals surface area contributed by atoms with Crippen LogP contribution in [0.2, 0.25) is 0 Å². The first-order chi connectivity index (χ1) is 13.7. The van der Waals surface area contributed by atoms with Gasteiger partial charge < -0.3 is 9.47 Å². The van der Waals surface area contributed by atoms with Gasteiger partial charge in [-0.25, -0.2) is 13.2 Å². The van der Waals surface area contributed by atoms with Gasteiger partial charge in [-0.15, -0.1) is 0 Å². The number of nitrogens with one attached hydrogen (secondary N) is 1. The van der Waals surface area contributed by atoms with E-state index >= 15 is 0 Å². The minimum Gasteiger partial charge on any atom is -0.496 e. The molecule has 0 radical (unpaired) electrons. The quantitative estimate of drug-likeness (QED) is 0.534. The Morgan fingerprint density at radius 3 is 1.87 bits per heavy atom. The lowest BCUT2D eigenvalue weighted by molar-refractivity contribution is -0.143. The monoisotopic (exact) mass is 457 g/mol. The minimum absolute atomic E-state index is 0.0810. The van der Waals surface area contributed by atoms with Crippen LogP contribution in [0, 0.1) is 0 Å². The Balaban J connectivity index is 2.53. The molecule has 0 atom stereocenters. The van der Waals surface area contributed by atoms with Gasteiger partial charge in [0.1, 0.15) is 11.3 Å². The predicted octanol–water partition coefficient (Wildman–Crippen LogP) is 4.32. The van der Waals surface area contributed by atoms with Gasteiger partial charge in [0.2, 0.25) is 0 Å². The summed E-state index contributed by atoms with van der Waals surface area (Å²) < 4.78 is 114. The molecule has 0 aliphatic rings. The Labute approximate surface area is 166 Å². The maximum atomic E-state index is 13.0. The number of anilines is 1. The van der Waals surface area contributed by atoms with Crippen molar-refractivity contribution in [2.75, 3.05) is 18.9 Å². The number of carbonyl (C=O) groups excluding carboxylic acids is 1. The third-order valence-electron chi connectivity index (χ3n) is 3.73. The Kier molecular flexibility index (Phi) is 6.26. The summed E-state index contributed by atoms with van der Waals surface area (Å²) in [4.78, 5) is 10.4. The second-order valence-corrected chi connectivity index (χ2v) is 7.44. The van der Waals surface area contributed by atoms with Gasteiger partial charge in [-0.1, -0.05) is 0 Å². The van der Waals surface area contributed by atoms with Gasteiger partial charge in [0, 0.05) is 6.07 Å². The highest BCUT2D eigenvalue weighted by Gasteiger charge is 2.38. The van der Waals surface area contributed by atoms with Crippen LogP contribution in [-0.4, -0.2) is 28.6 Å². The molecule has 2 aromatic carbocycles. The third-order valence-corrected chi connectivity index (χ3v) is 5.09. The molecular formula is C17H13F6NO5S. The molecule has 6 nitrogen and oxygen atoms in total. The SMILES string of the molecule is COC(=O)c1ccc(NS(=O)(=O)c2cc(C(F)(F)F)cc(C(F)(F)F)c2)cc1OC. The third kappa shape index (κ3) is 5.14. The number of methoxy groups -OCH3 is 2. The van der Waals surface area contributed by atoms with E-state index in [0.29, 0.717) is 0 Å². The van der Waals surface area contributed by atoms with Crippen LogP contribution in [0.4, 0.5) is 32.0 Å². The van der Waals surface area contributed by atoms with Crippen LogP contribution in [-0.2, 0) is 27.1 Å². The first kappa shape index (κ1) is 23.3. The summed E-state index contributed by atoms with van der Waals surface area (Å²) in [6.45, 7) is 0. The van der Waals surface area contributed by atoms with Gasteiger partial charge in [0.15, 0.2) is 0 Å². The second-order valence-electron chi connectivity index (χ2n) is 5.75. The molecule has 1 N–H and O–H groups in total. The van der Waals surface area contributed by atoms with E-state index in [-0.39, 0.29) is 35.2 Å². The van der Waals surface area contributed by atoms with Crippen LogP contribution in [0.3, 0.4) is 0 Å². The number of benzene rings is 2. The molecule has 0 aliphatic carbocycles. The van der Waals surface area contributed by atoms with E-state index in [2.05, 4.69) is 4.74 Å². The van der Waals surface area contributed by atoms with E-state index in [4.69, 9.17) is 4.74 Å². The van der Waals surface area contributed by atoms with Crippen molar-refractivity contribution in [1.82, 2.24) is 0 Å². The first-order valence-electron chi connectivity index (χ1n) is 7.77. The number of alkyl halides is 6. The molecule has 164 valence electrons. The van der Waals surface area contributed by atoms with E-state index in [1.54, 1.807) is 0 Å². The van der Waals surface area contributed by atoms with Crippen LogP contribution in [0.5, 0.6) is 5.75 Å². The molecule has 0 spiro atoms. The van der Waals surface area contributed by atoms with Crippen LogP contribution in [0.1, 0.15) is 21.5 Å². The number of hydrogen-bond acceptors (Lipinski definition) is 5. The number of esters is 1. The van der Waals surface area contributed by atoms with Gasteiger partial charge in [-0.3, -0.25) is 4.72 Å². The summed E-state index contributed by atoms with van der Waals surface area (Å²) in [6.07, 6.45) is -10.4. The summed E-state index contributed by atoms with van der Waals surface area (Å²) in [5, 5.41) is 0. The standard InChI is InChI=1S/C17H13F6NO5S/c1-28-14-8-11(3-4-13(14)15(25)29-2)24-30(26,27)12-6-9(16(18,19)20)5-10(7-12)17(21,22)23/h3-8,24H,1-2H3. The molecule has 0 bridgehead atoms. The van der Waals surface area contributed by atoms with E-state index in [1.165, 1.54) is 0 Å². The molecule has 0 aromatic heterocycles. The fourth-order valence-electron chi connectivity index (χ4n) is 2.33. The number of halogens is 6.